The number of hydrogen-bond acceptors (Lipinski definition) is 12. The first kappa shape index (κ1) is 52.1. The van der Waals surface area contributed by atoms with Gasteiger partial charge in [0.15, 0.2) is 11.5 Å². The number of aliphatic imine (C=N–C) groups is 2. The molecule has 4 aromatic rings. The van der Waals surface area contributed by atoms with Gasteiger partial charge in [0, 0.05) is 22.0 Å². The number of carboxylic acid groups (broad SMARTS) is 4. The van der Waals surface area contributed by atoms with Gasteiger partial charge >= 0.3 is 11.9 Å². The number of aliphatic carboxylic acids is 4. The summed E-state index contributed by atoms with van der Waals surface area (Å²) in [5.74, 6) is 0.216. The van der Waals surface area contributed by atoms with Crippen LogP contribution < -0.4 is 29.5 Å². The molecule has 0 radical (unpaired) electrons. The van der Waals surface area contributed by atoms with Crippen LogP contribution in [-0.2, 0) is 19.2 Å². The third-order valence-electron chi connectivity index (χ3n) is 9.91. The van der Waals surface area contributed by atoms with Gasteiger partial charge in [0.05, 0.1) is 90.4 Å². The number of carboxylic acids is 4. The van der Waals surface area contributed by atoms with Gasteiger partial charge in [0.2, 0.25) is 0 Å². The maximum absolute atomic E-state index is 9.64. The molecule has 2 saturated heterocycles. The van der Waals surface area contributed by atoms with Crippen molar-refractivity contribution in [1.82, 2.24) is 9.80 Å². The third kappa shape index (κ3) is 15.5. The number of carbonyl (C=O) groups is 4. The molecule has 4 aliphatic heterocycles. The van der Waals surface area contributed by atoms with Gasteiger partial charge < -0.3 is 70.0 Å². The minimum Gasteiger partial charge on any atom is -0.550 e. The highest BCUT2D eigenvalue weighted by molar-refractivity contribution is 6.31. The normalized spacial score (nSPS) is 14.8. The molecule has 0 atom stereocenters. The Kier molecular flexibility index (Phi) is 20.4. The van der Waals surface area contributed by atoms with E-state index in [1.165, 1.54) is 0 Å². The van der Waals surface area contributed by atoms with Gasteiger partial charge in [-0.3, -0.25) is 9.59 Å². The number of amidine groups is 2. The van der Waals surface area contributed by atoms with Crippen LogP contribution in [0.25, 0.3) is 0 Å². The minimum absolute atomic E-state index is 0. The van der Waals surface area contributed by atoms with E-state index in [0.717, 1.165) is 110 Å². The smallest absolute Gasteiger partial charge is 0.303 e. The van der Waals surface area contributed by atoms with Crippen LogP contribution in [0.5, 0.6) is 23.0 Å². The molecular weight excluding hydrogens is 875 g/mol. The fraction of sp³-hybridized carbons (Fsp3) is 0.318. The molecule has 8 N–H and O–H groups in total. The summed E-state index contributed by atoms with van der Waals surface area (Å²) in [6.07, 6.45) is -1.53. The number of likely N-dealkylation sites (N-methyl/N-ethyl adjacent to an activating group) is 2. The van der Waals surface area contributed by atoms with Gasteiger partial charge in [-0.1, -0.05) is 47.5 Å². The quantitative estimate of drug-likeness (QED) is 0.203. The highest BCUT2D eigenvalue weighted by atomic mass is 35.5. The van der Waals surface area contributed by atoms with Crippen LogP contribution in [-0.4, -0.2) is 133 Å². The molecule has 2 fully saturated rings. The summed E-state index contributed by atoms with van der Waals surface area (Å²) >= 11 is 12.5. The highest BCUT2D eigenvalue weighted by Gasteiger charge is 2.28. The number of fused-ring (bicyclic) bond motifs is 4. The van der Waals surface area contributed by atoms with Crippen molar-refractivity contribution in [3.63, 3.8) is 0 Å². The topological polar surface area (TPSA) is 276 Å². The number of nitrogens with zero attached hydrogens (tertiary/aromatic N) is 4. The summed E-state index contributed by atoms with van der Waals surface area (Å²) in [6.45, 7) is 8.37. The molecular formula is C44H52Cl2N6O12. The number of carbonyl (C=O) groups excluding carboxylic acids is 2. The second-order valence-corrected chi connectivity index (χ2v) is 15.6. The van der Waals surface area contributed by atoms with E-state index in [1.807, 2.05) is 84.9 Å². The van der Waals surface area contributed by atoms with Gasteiger partial charge in [-0.25, -0.2) is 9.98 Å². The third-order valence-corrected chi connectivity index (χ3v) is 10.4. The van der Waals surface area contributed by atoms with Crippen molar-refractivity contribution in [2.24, 2.45) is 9.98 Å². The zero-order chi connectivity index (χ0) is 44.8. The van der Waals surface area contributed by atoms with Crippen molar-refractivity contribution in [1.29, 1.82) is 0 Å². The summed E-state index contributed by atoms with van der Waals surface area (Å²) in [4.78, 5) is 55.9. The fourth-order valence-electron chi connectivity index (χ4n) is 6.49. The van der Waals surface area contributed by atoms with Crippen molar-refractivity contribution < 1.29 is 69.8 Å². The summed E-state index contributed by atoms with van der Waals surface area (Å²) in [5, 5.41) is 36.2. The Morgan fingerprint density at radius 1 is 0.578 bits per heavy atom. The maximum atomic E-state index is 9.64. The van der Waals surface area contributed by atoms with Crippen molar-refractivity contribution in [2.75, 3.05) is 66.5 Å². The van der Waals surface area contributed by atoms with Crippen molar-refractivity contribution in [3.05, 3.63) is 106 Å². The van der Waals surface area contributed by atoms with E-state index >= 15 is 0 Å². The number of quaternary nitrogens is 2. The van der Waals surface area contributed by atoms with Gasteiger partial charge in [0.1, 0.15) is 34.5 Å². The van der Waals surface area contributed by atoms with Crippen molar-refractivity contribution in [3.8, 4) is 23.0 Å². The van der Waals surface area contributed by atoms with Gasteiger partial charge in [0.25, 0.3) is 0 Å². The first-order valence-corrected chi connectivity index (χ1v) is 20.7. The Labute approximate surface area is 379 Å². The van der Waals surface area contributed by atoms with Crippen molar-refractivity contribution >= 4 is 70.1 Å². The molecule has 0 bridgehead atoms. The van der Waals surface area contributed by atoms with E-state index < -0.39 is 36.7 Å². The van der Waals surface area contributed by atoms with Crippen LogP contribution in [0, 0.1) is 0 Å². The molecule has 0 aromatic heterocycles. The average molecular weight is 928 g/mol. The number of rotatable bonds is 6. The Bertz CT molecular complexity index is 2110. The molecule has 4 heterocycles. The number of ether oxygens (including phenoxy) is 2. The van der Waals surface area contributed by atoms with Crippen LogP contribution in [0.2, 0.25) is 10.0 Å². The van der Waals surface area contributed by atoms with Gasteiger partial charge in [-0.05, 0) is 73.5 Å². The molecule has 64 heavy (non-hydrogen) atoms. The molecule has 4 aliphatic rings. The van der Waals surface area contributed by atoms with Crippen LogP contribution in [0.15, 0.2) is 94.9 Å². The van der Waals surface area contributed by atoms with E-state index in [2.05, 4.69) is 23.9 Å². The van der Waals surface area contributed by atoms with Crippen LogP contribution in [0.4, 0.5) is 11.4 Å². The van der Waals surface area contributed by atoms with Gasteiger partial charge in [-0.2, -0.15) is 0 Å². The summed E-state index contributed by atoms with van der Waals surface area (Å²) in [7, 11) is 4.46. The SMILES string of the molecule is C[NH+]1CCN(C2=Nc3ccccc3Oc3ccc(Cl)cc32)CC1.C[NH+]1CCN(C2=Nc3ccccc3Oc3ccc(Cl)cc32)CC1.O.O.O=C(O)CCC(=O)O.O=C([O-])CCC(=O)[O-]. The van der Waals surface area contributed by atoms with E-state index in [9.17, 15) is 29.4 Å². The lowest BCUT2D eigenvalue weighted by atomic mass is 10.1. The molecule has 0 aliphatic carbocycles. The van der Waals surface area contributed by atoms with E-state index in [0.29, 0.717) is 10.0 Å². The van der Waals surface area contributed by atoms with Gasteiger partial charge in [-0.15, -0.1) is 0 Å². The highest BCUT2D eigenvalue weighted by Crippen LogP contribution is 2.40. The fourth-order valence-corrected chi connectivity index (χ4v) is 6.83. The average Bonchev–Trinajstić information content (AvgIpc) is 3.51. The molecule has 0 saturated carbocycles. The lowest BCUT2D eigenvalue weighted by Gasteiger charge is -2.32. The minimum atomic E-state index is -1.37. The Morgan fingerprint density at radius 3 is 1.25 bits per heavy atom. The Hall–Kier alpha value is -6.28. The number of hydrogen-bond donors (Lipinski definition) is 4. The predicted molar refractivity (Wildman–Crippen MR) is 236 cm³/mol. The first-order valence-electron chi connectivity index (χ1n) is 19.9. The monoisotopic (exact) mass is 926 g/mol. The molecule has 0 unspecified atom stereocenters. The molecule has 344 valence electrons. The summed E-state index contributed by atoms with van der Waals surface area (Å²) in [6, 6.07) is 27.3. The number of halogens is 2. The predicted octanol–water partition coefficient (Wildman–Crippen LogP) is 0.261. The second-order valence-electron chi connectivity index (χ2n) is 14.7. The zero-order valence-electron chi connectivity index (χ0n) is 35.3. The number of nitrogens with one attached hydrogen (secondary N) is 2. The van der Waals surface area contributed by atoms with E-state index in [-0.39, 0.29) is 23.8 Å². The number of para-hydroxylation sites is 4. The van der Waals surface area contributed by atoms with E-state index in [1.54, 1.807) is 9.80 Å². The zero-order valence-corrected chi connectivity index (χ0v) is 36.8. The molecule has 18 nitrogen and oxygen atoms in total. The largest absolute Gasteiger partial charge is 0.550 e. The van der Waals surface area contributed by atoms with Crippen LogP contribution in [0.3, 0.4) is 0 Å². The Morgan fingerprint density at radius 2 is 0.922 bits per heavy atom. The number of benzene rings is 4. The van der Waals surface area contributed by atoms with E-state index in [4.69, 9.17) is 52.9 Å². The summed E-state index contributed by atoms with van der Waals surface area (Å²) in [5.41, 5.74) is 3.66. The molecule has 4 aromatic carbocycles. The standard InChI is InChI=1S/2C18H18ClN3O.2C4H6O4.2H2O/c2*1-21-8-10-22(11-9-21)18-14-12-13(19)6-7-16(14)23-17-5-3-2-4-15(17)20-18;2*5-3(6)1-2-4(7)8;;/h2*2-7,12H,8-11H2,1H3;2*1-2H2,(H,5,6)(H,7,8);2*1H2. The number of piperazine rings is 2. The second kappa shape index (κ2) is 25.1. The molecule has 0 spiro atoms. The maximum Gasteiger partial charge on any atom is 0.303 e. The van der Waals surface area contributed by atoms with Crippen molar-refractivity contribution in [2.45, 2.75) is 25.7 Å². The van der Waals surface area contributed by atoms with Crippen LogP contribution >= 0.6 is 23.2 Å². The molecule has 20 heteroatoms. The Balaban J connectivity index is 0.000000251. The lowest BCUT2D eigenvalue weighted by Crippen LogP contribution is -3.12. The summed E-state index contributed by atoms with van der Waals surface area (Å²) < 4.78 is 12.2. The van der Waals surface area contributed by atoms with Crippen LogP contribution in [0.1, 0.15) is 36.8 Å². The molecule has 8 rings (SSSR count). The molecule has 0 amide bonds. The first-order chi connectivity index (χ1) is 29.7. The lowest BCUT2D eigenvalue weighted by molar-refractivity contribution is -0.883.